The Morgan fingerprint density at radius 3 is 2.63 bits per heavy atom. The molecule has 1 saturated carbocycles. The lowest BCUT2D eigenvalue weighted by Crippen LogP contribution is -2.36. The van der Waals surface area contributed by atoms with Gasteiger partial charge in [-0.3, -0.25) is 4.79 Å². The highest BCUT2D eigenvalue weighted by Crippen LogP contribution is 2.51. The van der Waals surface area contributed by atoms with Gasteiger partial charge in [-0.2, -0.15) is 8.42 Å². The number of halogens is 1. The van der Waals surface area contributed by atoms with E-state index >= 15 is 0 Å². The van der Waals surface area contributed by atoms with Crippen LogP contribution in [0.3, 0.4) is 0 Å². The van der Waals surface area contributed by atoms with Gasteiger partial charge in [0.05, 0.1) is 17.9 Å². The summed E-state index contributed by atoms with van der Waals surface area (Å²) in [5.74, 6) is -0.166. The Morgan fingerprint density at radius 2 is 1.92 bits per heavy atom. The molecule has 5 rings (SSSR count). The summed E-state index contributed by atoms with van der Waals surface area (Å²) in [5, 5.41) is -0.231. The molecule has 1 amide bonds. The van der Waals surface area contributed by atoms with E-state index in [0.717, 1.165) is 25.7 Å². The highest BCUT2D eigenvalue weighted by molar-refractivity contribution is 7.90. The molecule has 1 N–H and O–H groups in total. The van der Waals surface area contributed by atoms with Crippen LogP contribution >= 0.6 is 0 Å². The molecule has 1 aliphatic heterocycles. The van der Waals surface area contributed by atoms with E-state index in [2.05, 4.69) is 14.6 Å². The Kier molecular flexibility index (Phi) is 6.85. The van der Waals surface area contributed by atoms with Crippen LogP contribution in [-0.4, -0.2) is 43.0 Å². The van der Waals surface area contributed by atoms with Gasteiger partial charge in [-0.05, 0) is 74.9 Å². The molecule has 0 bridgehead atoms. The van der Waals surface area contributed by atoms with Crippen molar-refractivity contribution in [2.45, 2.75) is 57.0 Å². The predicted molar refractivity (Wildman–Crippen MR) is 142 cm³/mol. The average Bonchev–Trinajstić information content (AvgIpc) is 3.52. The van der Waals surface area contributed by atoms with Crippen molar-refractivity contribution in [3.8, 4) is 17.0 Å². The number of carbonyl (C=O) groups excluding carboxylic acids is 1. The van der Waals surface area contributed by atoms with Crippen molar-refractivity contribution in [1.29, 1.82) is 0 Å². The molecule has 10 heteroatoms. The zero-order chi connectivity index (χ0) is 27.1. The van der Waals surface area contributed by atoms with E-state index in [1.165, 1.54) is 18.2 Å². The molecule has 1 spiro atoms. The quantitative estimate of drug-likeness (QED) is 0.436. The van der Waals surface area contributed by atoms with E-state index in [1.807, 2.05) is 13.8 Å². The number of carbonyl (C=O) groups is 1. The van der Waals surface area contributed by atoms with Crippen LogP contribution in [0, 0.1) is 18.7 Å². The van der Waals surface area contributed by atoms with Gasteiger partial charge in [-0.25, -0.2) is 19.1 Å². The number of aromatic nitrogens is 2. The third-order valence-corrected chi connectivity index (χ3v) is 8.15. The largest absolute Gasteiger partial charge is 0.493 e. The highest BCUT2D eigenvalue weighted by Gasteiger charge is 2.52. The molecule has 1 aliphatic carbocycles. The first kappa shape index (κ1) is 26.1. The zero-order valence-electron chi connectivity index (χ0n) is 21.7. The first-order chi connectivity index (χ1) is 18.1. The Balaban J connectivity index is 1.52. The monoisotopic (exact) mass is 538 g/mol. The average molecular weight is 539 g/mol. The maximum atomic E-state index is 14.5. The number of nitrogens with zero attached hydrogens (tertiary/aromatic N) is 3. The van der Waals surface area contributed by atoms with Gasteiger partial charge in [0.25, 0.3) is 15.9 Å². The molecule has 200 valence electrons. The van der Waals surface area contributed by atoms with Crippen LogP contribution in [-0.2, 0) is 10.0 Å². The van der Waals surface area contributed by atoms with Crippen molar-refractivity contribution in [3.05, 3.63) is 65.6 Å². The second-order valence-corrected chi connectivity index (χ2v) is 12.1. The summed E-state index contributed by atoms with van der Waals surface area (Å²) in [4.78, 5) is 24.3. The van der Waals surface area contributed by atoms with Gasteiger partial charge in [-0.15, -0.1) is 0 Å². The molecule has 8 nitrogen and oxygen atoms in total. The number of pyridine rings is 2. The minimum Gasteiger partial charge on any atom is -0.493 e. The van der Waals surface area contributed by atoms with Gasteiger partial charge in [0.2, 0.25) is 0 Å². The molecule has 2 aromatic heterocycles. The Hall–Kier alpha value is -3.53. The number of anilines is 1. The first-order valence-corrected chi connectivity index (χ1v) is 14.3. The predicted octanol–water partition coefficient (Wildman–Crippen LogP) is 4.88. The number of nitrogens with one attached hydrogen (secondary N) is 1. The standard InChI is InChI=1S/C28H31FN4O4S/c1-18(2)17-37-22-15-20(14-21(29)16-22)24-9-8-23(26(31-24)33-13-5-10-28(33)11-12-28)27(34)32-38(35,36)25-7-4-6-19(3)30-25/h4,6-9,14-16,18H,5,10-13,17H2,1-3H3,(H,32,34). The van der Waals surface area contributed by atoms with Crippen LogP contribution in [0.2, 0.25) is 0 Å². The van der Waals surface area contributed by atoms with Crippen molar-refractivity contribution in [1.82, 2.24) is 14.7 Å². The van der Waals surface area contributed by atoms with E-state index < -0.39 is 21.7 Å². The normalized spacial score (nSPS) is 16.2. The minimum atomic E-state index is -4.19. The van der Waals surface area contributed by atoms with Crippen molar-refractivity contribution in [2.75, 3.05) is 18.1 Å². The topological polar surface area (TPSA) is 101 Å². The first-order valence-electron chi connectivity index (χ1n) is 12.8. The van der Waals surface area contributed by atoms with Gasteiger partial charge in [0, 0.05) is 29.4 Å². The minimum absolute atomic E-state index is 0.0644. The van der Waals surface area contributed by atoms with Crippen LogP contribution in [0.15, 0.2) is 53.6 Å². The Labute approximate surface area is 222 Å². The zero-order valence-corrected chi connectivity index (χ0v) is 22.5. The van der Waals surface area contributed by atoms with Crippen LogP contribution in [0.1, 0.15) is 55.6 Å². The molecule has 2 fully saturated rings. The molecule has 3 aromatic rings. The van der Waals surface area contributed by atoms with Crippen molar-refractivity contribution in [2.24, 2.45) is 5.92 Å². The fraction of sp³-hybridized carbons (Fsp3) is 0.393. The van der Waals surface area contributed by atoms with Crippen LogP contribution in [0.5, 0.6) is 5.75 Å². The van der Waals surface area contributed by atoms with E-state index in [9.17, 15) is 17.6 Å². The summed E-state index contributed by atoms with van der Waals surface area (Å²) in [7, 11) is -4.19. The van der Waals surface area contributed by atoms with Crippen molar-refractivity contribution >= 4 is 21.7 Å². The number of hydrogen-bond acceptors (Lipinski definition) is 7. The number of ether oxygens (including phenoxy) is 1. The smallest absolute Gasteiger partial charge is 0.281 e. The van der Waals surface area contributed by atoms with Crippen LogP contribution in [0.4, 0.5) is 10.2 Å². The summed E-state index contributed by atoms with van der Waals surface area (Å²) in [6.07, 6.45) is 3.90. The van der Waals surface area contributed by atoms with Gasteiger partial charge in [0.1, 0.15) is 17.4 Å². The third-order valence-electron chi connectivity index (χ3n) is 6.91. The van der Waals surface area contributed by atoms with Gasteiger partial charge in [0.15, 0.2) is 5.03 Å². The molecule has 3 heterocycles. The number of rotatable bonds is 8. The Morgan fingerprint density at radius 1 is 1.13 bits per heavy atom. The summed E-state index contributed by atoms with van der Waals surface area (Å²) >= 11 is 0. The fourth-order valence-electron chi connectivity index (χ4n) is 4.88. The molecular formula is C28H31FN4O4S. The number of benzene rings is 1. The number of amides is 1. The lowest BCUT2D eigenvalue weighted by molar-refractivity contribution is 0.0981. The second kappa shape index (κ2) is 9.98. The molecule has 1 saturated heterocycles. The molecule has 38 heavy (non-hydrogen) atoms. The fourth-order valence-corrected chi connectivity index (χ4v) is 5.86. The maximum absolute atomic E-state index is 14.5. The summed E-state index contributed by atoms with van der Waals surface area (Å²) < 4.78 is 48.3. The second-order valence-electron chi connectivity index (χ2n) is 10.5. The van der Waals surface area contributed by atoms with E-state index in [-0.39, 0.29) is 22.0 Å². The van der Waals surface area contributed by atoms with Gasteiger partial charge in [-0.1, -0.05) is 19.9 Å². The van der Waals surface area contributed by atoms with Gasteiger partial charge < -0.3 is 9.64 Å². The Bertz CT molecular complexity index is 1490. The molecule has 0 radical (unpaired) electrons. The molecule has 0 unspecified atom stereocenters. The van der Waals surface area contributed by atoms with E-state index in [4.69, 9.17) is 9.72 Å². The van der Waals surface area contributed by atoms with Crippen LogP contribution < -0.4 is 14.4 Å². The summed E-state index contributed by atoms with van der Waals surface area (Å²) in [6, 6.07) is 12.2. The lowest BCUT2D eigenvalue weighted by Gasteiger charge is -2.28. The molecule has 1 aromatic carbocycles. The molecular weight excluding hydrogens is 507 g/mol. The van der Waals surface area contributed by atoms with E-state index in [1.54, 1.807) is 37.3 Å². The summed E-state index contributed by atoms with van der Waals surface area (Å²) in [5.41, 5.74) is 1.58. The van der Waals surface area contributed by atoms with Gasteiger partial charge >= 0.3 is 0 Å². The maximum Gasteiger partial charge on any atom is 0.281 e. The molecule has 0 atom stereocenters. The number of sulfonamides is 1. The van der Waals surface area contributed by atoms with Crippen molar-refractivity contribution in [3.63, 3.8) is 0 Å². The molecule has 2 aliphatic rings. The number of aryl methyl sites for hydroxylation is 1. The van der Waals surface area contributed by atoms with Crippen molar-refractivity contribution < 1.29 is 22.3 Å². The highest BCUT2D eigenvalue weighted by atomic mass is 32.2. The summed E-state index contributed by atoms with van der Waals surface area (Å²) in [6.45, 7) is 6.85. The lowest BCUT2D eigenvalue weighted by atomic mass is 10.1. The van der Waals surface area contributed by atoms with E-state index in [0.29, 0.717) is 41.7 Å². The van der Waals surface area contributed by atoms with Crippen LogP contribution in [0.25, 0.3) is 11.3 Å². The number of hydrogen-bond donors (Lipinski definition) is 1. The SMILES string of the molecule is Cc1cccc(S(=O)(=O)NC(=O)c2ccc(-c3cc(F)cc(OCC(C)C)c3)nc2N2CCCC23CC3)n1. The third kappa shape index (κ3) is 5.36.